The summed E-state index contributed by atoms with van der Waals surface area (Å²) in [6.07, 6.45) is 11.9. The highest BCUT2D eigenvalue weighted by atomic mass is 127. The first-order valence-electron chi connectivity index (χ1n) is 6.39. The Balaban J connectivity index is 1.78. The third-order valence-electron chi connectivity index (χ3n) is 4.38. The molecular formula is C13H21IO. The molecule has 2 saturated carbocycles. The minimum atomic E-state index is 0.391. The molecule has 0 radical (unpaired) electrons. The van der Waals surface area contributed by atoms with Crippen molar-refractivity contribution < 1.29 is 4.79 Å². The molecule has 0 aromatic carbocycles. The summed E-state index contributed by atoms with van der Waals surface area (Å²) < 4.78 is 0.935. The molecule has 2 aliphatic rings. The molecule has 15 heavy (non-hydrogen) atoms. The zero-order chi connectivity index (χ0) is 10.7. The molecule has 86 valence electrons. The average Bonchev–Trinajstić information content (AvgIpc) is 2.30. The second-order valence-electron chi connectivity index (χ2n) is 5.32. The molecule has 1 nitrogen and oxygen atoms in total. The van der Waals surface area contributed by atoms with Gasteiger partial charge in [-0.2, -0.15) is 0 Å². The van der Waals surface area contributed by atoms with Gasteiger partial charge in [0, 0.05) is 9.84 Å². The first-order valence-corrected chi connectivity index (χ1v) is 7.63. The van der Waals surface area contributed by atoms with Crippen LogP contribution in [-0.2, 0) is 4.79 Å². The van der Waals surface area contributed by atoms with E-state index in [0.717, 1.165) is 15.8 Å². The number of halogens is 1. The van der Waals surface area contributed by atoms with E-state index in [1.165, 1.54) is 57.7 Å². The summed E-state index contributed by atoms with van der Waals surface area (Å²) in [7, 11) is 0. The van der Waals surface area contributed by atoms with Gasteiger partial charge in [0.05, 0.1) is 0 Å². The highest BCUT2D eigenvalue weighted by Crippen LogP contribution is 2.40. The maximum absolute atomic E-state index is 10.7. The Kier molecular flexibility index (Phi) is 4.47. The second kappa shape index (κ2) is 5.65. The zero-order valence-corrected chi connectivity index (χ0v) is 11.5. The molecule has 2 aliphatic carbocycles. The van der Waals surface area contributed by atoms with Crippen LogP contribution in [0, 0.1) is 17.8 Å². The number of aldehydes is 1. The Morgan fingerprint density at radius 1 is 0.800 bits per heavy atom. The Bertz CT molecular complexity index is 201. The van der Waals surface area contributed by atoms with E-state index in [4.69, 9.17) is 0 Å². The Hall–Kier alpha value is 0.400. The lowest BCUT2D eigenvalue weighted by atomic mass is 9.71. The van der Waals surface area contributed by atoms with Crippen LogP contribution in [0.3, 0.4) is 0 Å². The molecule has 2 fully saturated rings. The zero-order valence-electron chi connectivity index (χ0n) is 9.33. The maximum atomic E-state index is 10.7. The van der Waals surface area contributed by atoms with Gasteiger partial charge in [0.2, 0.25) is 0 Å². The van der Waals surface area contributed by atoms with Crippen LogP contribution in [0.2, 0.25) is 0 Å². The van der Waals surface area contributed by atoms with Gasteiger partial charge in [-0.05, 0) is 63.2 Å². The lowest BCUT2D eigenvalue weighted by Gasteiger charge is -2.35. The minimum Gasteiger partial charge on any atom is -0.303 e. The molecule has 0 atom stereocenters. The maximum Gasteiger partial charge on any atom is 0.123 e. The summed E-state index contributed by atoms with van der Waals surface area (Å²) in [5, 5.41) is 0. The van der Waals surface area contributed by atoms with E-state index in [9.17, 15) is 4.79 Å². The molecule has 0 spiro atoms. The van der Waals surface area contributed by atoms with Gasteiger partial charge in [0.25, 0.3) is 0 Å². The van der Waals surface area contributed by atoms with Crippen molar-refractivity contribution in [3.8, 4) is 0 Å². The van der Waals surface area contributed by atoms with Gasteiger partial charge in [0.15, 0.2) is 0 Å². The van der Waals surface area contributed by atoms with Crippen molar-refractivity contribution in [1.82, 2.24) is 0 Å². The molecule has 0 unspecified atom stereocenters. The predicted molar refractivity (Wildman–Crippen MR) is 71.3 cm³/mol. The van der Waals surface area contributed by atoms with Crippen molar-refractivity contribution in [1.29, 1.82) is 0 Å². The fourth-order valence-corrected chi connectivity index (χ4v) is 4.02. The topological polar surface area (TPSA) is 17.1 Å². The van der Waals surface area contributed by atoms with Gasteiger partial charge >= 0.3 is 0 Å². The van der Waals surface area contributed by atoms with Gasteiger partial charge in [-0.1, -0.05) is 22.6 Å². The first-order chi connectivity index (χ1) is 7.29. The molecule has 0 N–H and O–H groups in total. The van der Waals surface area contributed by atoms with E-state index in [2.05, 4.69) is 22.6 Å². The highest BCUT2D eigenvalue weighted by Gasteiger charge is 2.29. The summed E-state index contributed by atoms with van der Waals surface area (Å²) in [5.74, 6) is 2.33. The van der Waals surface area contributed by atoms with Crippen LogP contribution >= 0.6 is 22.6 Å². The molecule has 0 aromatic heterocycles. The van der Waals surface area contributed by atoms with Crippen molar-refractivity contribution >= 4 is 28.9 Å². The average molecular weight is 320 g/mol. The standard InChI is InChI=1S/C13H21IO/c14-13-7-5-12(6-8-13)11-3-1-10(9-15)2-4-11/h9-13H,1-8H2. The molecule has 0 saturated heterocycles. The van der Waals surface area contributed by atoms with Crippen molar-refractivity contribution in [2.24, 2.45) is 17.8 Å². The summed E-state index contributed by atoms with van der Waals surface area (Å²) in [4.78, 5) is 10.7. The third kappa shape index (κ3) is 3.18. The SMILES string of the molecule is O=CC1CCC(C2CCC(I)CC2)CC1. The molecule has 0 heterocycles. The van der Waals surface area contributed by atoms with Crippen molar-refractivity contribution in [2.75, 3.05) is 0 Å². The predicted octanol–water partition coefficient (Wildman–Crippen LogP) is 3.99. The molecule has 0 aromatic rings. The van der Waals surface area contributed by atoms with Gasteiger partial charge in [-0.3, -0.25) is 0 Å². The molecule has 0 amide bonds. The van der Waals surface area contributed by atoms with Crippen LogP contribution in [0.1, 0.15) is 51.4 Å². The highest BCUT2D eigenvalue weighted by molar-refractivity contribution is 14.1. The van der Waals surface area contributed by atoms with Crippen molar-refractivity contribution in [3.05, 3.63) is 0 Å². The van der Waals surface area contributed by atoms with E-state index in [-0.39, 0.29) is 0 Å². The van der Waals surface area contributed by atoms with Crippen molar-refractivity contribution in [2.45, 2.75) is 55.3 Å². The van der Waals surface area contributed by atoms with E-state index in [0.29, 0.717) is 5.92 Å². The normalized spacial score (nSPS) is 42.5. The summed E-state index contributed by atoms with van der Waals surface area (Å²) in [6.45, 7) is 0. The number of carbonyl (C=O) groups excluding carboxylic acids is 1. The number of hydrogen-bond acceptors (Lipinski definition) is 1. The van der Waals surface area contributed by atoms with Gasteiger partial charge in [-0.15, -0.1) is 0 Å². The molecule has 2 rings (SSSR count). The Morgan fingerprint density at radius 2 is 1.27 bits per heavy atom. The van der Waals surface area contributed by atoms with Gasteiger partial charge < -0.3 is 4.79 Å². The number of carbonyl (C=O) groups is 1. The summed E-state index contributed by atoms with van der Waals surface area (Å²) in [6, 6.07) is 0. The second-order valence-corrected chi connectivity index (χ2v) is 7.08. The summed E-state index contributed by atoms with van der Waals surface area (Å²) >= 11 is 2.60. The smallest absolute Gasteiger partial charge is 0.123 e. The number of rotatable bonds is 2. The minimum absolute atomic E-state index is 0.391. The van der Waals surface area contributed by atoms with Crippen LogP contribution in [0.25, 0.3) is 0 Å². The Morgan fingerprint density at radius 3 is 1.73 bits per heavy atom. The fourth-order valence-electron chi connectivity index (χ4n) is 3.30. The van der Waals surface area contributed by atoms with Crippen LogP contribution in [-0.4, -0.2) is 10.2 Å². The van der Waals surface area contributed by atoms with E-state index < -0.39 is 0 Å². The fraction of sp³-hybridized carbons (Fsp3) is 0.923. The van der Waals surface area contributed by atoms with Crippen LogP contribution in [0.15, 0.2) is 0 Å². The largest absolute Gasteiger partial charge is 0.303 e. The van der Waals surface area contributed by atoms with Crippen LogP contribution in [0.4, 0.5) is 0 Å². The third-order valence-corrected chi connectivity index (χ3v) is 5.62. The van der Waals surface area contributed by atoms with Crippen LogP contribution < -0.4 is 0 Å². The quantitative estimate of drug-likeness (QED) is 0.427. The van der Waals surface area contributed by atoms with E-state index in [1.54, 1.807) is 0 Å². The van der Waals surface area contributed by atoms with Crippen molar-refractivity contribution in [3.63, 3.8) is 0 Å². The Labute approximate surface area is 107 Å². The summed E-state index contributed by atoms with van der Waals surface area (Å²) in [5.41, 5.74) is 0. The van der Waals surface area contributed by atoms with E-state index in [1.807, 2.05) is 0 Å². The monoisotopic (exact) mass is 320 g/mol. The molecule has 0 aliphatic heterocycles. The van der Waals surface area contributed by atoms with Gasteiger partial charge in [0.1, 0.15) is 6.29 Å². The lowest BCUT2D eigenvalue weighted by Crippen LogP contribution is -2.26. The molecule has 2 heteroatoms. The molecular weight excluding hydrogens is 299 g/mol. The van der Waals surface area contributed by atoms with Gasteiger partial charge in [-0.25, -0.2) is 0 Å². The molecule has 0 bridgehead atoms. The number of hydrogen-bond donors (Lipinski definition) is 0. The number of alkyl halides is 1. The lowest BCUT2D eigenvalue weighted by molar-refractivity contribution is -0.112. The first kappa shape index (κ1) is 11.9. The van der Waals surface area contributed by atoms with Crippen LogP contribution in [0.5, 0.6) is 0 Å². The van der Waals surface area contributed by atoms with E-state index >= 15 is 0 Å².